The summed E-state index contributed by atoms with van der Waals surface area (Å²) in [6, 6.07) is 8.65. The molecule has 3 rings (SSSR count). The van der Waals surface area contributed by atoms with Crippen LogP contribution in [0.2, 0.25) is 0 Å². The molecule has 1 aromatic heterocycles. The number of hydrogen-bond acceptors (Lipinski definition) is 7. The normalized spacial score (nSPS) is 19.5. The lowest BCUT2D eigenvalue weighted by Gasteiger charge is -2.38. The summed E-state index contributed by atoms with van der Waals surface area (Å²) in [5.74, 6) is -0.456. The van der Waals surface area contributed by atoms with Crippen molar-refractivity contribution in [2.45, 2.75) is 56.1 Å². The lowest BCUT2D eigenvalue weighted by atomic mass is 9.82. The fourth-order valence-corrected chi connectivity index (χ4v) is 6.18. The first-order valence-electron chi connectivity index (χ1n) is 11.5. The van der Waals surface area contributed by atoms with E-state index in [-0.39, 0.29) is 23.5 Å². The fraction of sp³-hybridized carbons (Fsp3) is 0.500. The summed E-state index contributed by atoms with van der Waals surface area (Å²) in [7, 11) is -2.56. The summed E-state index contributed by atoms with van der Waals surface area (Å²) in [5.41, 5.74) is 2.61. The van der Waals surface area contributed by atoms with Crippen LogP contribution in [0, 0.1) is 5.92 Å². The van der Waals surface area contributed by atoms with E-state index in [0.717, 1.165) is 18.4 Å². The Hall–Kier alpha value is -2.53. The van der Waals surface area contributed by atoms with E-state index < -0.39 is 22.0 Å². The molecule has 9 nitrogen and oxygen atoms in total. The van der Waals surface area contributed by atoms with Crippen LogP contribution < -0.4 is 10.2 Å². The van der Waals surface area contributed by atoms with Gasteiger partial charge in [0.15, 0.2) is 0 Å². The van der Waals surface area contributed by atoms with Gasteiger partial charge in [0, 0.05) is 25.5 Å². The lowest BCUT2D eigenvalue weighted by Crippen LogP contribution is -2.54. The van der Waals surface area contributed by atoms with Gasteiger partial charge < -0.3 is 9.47 Å². The molecule has 1 aliphatic carbocycles. The van der Waals surface area contributed by atoms with Gasteiger partial charge in [0.05, 0.1) is 18.1 Å². The molecule has 0 unspecified atom stereocenters. The molecule has 1 aromatic carbocycles. The number of rotatable bonds is 11. The summed E-state index contributed by atoms with van der Waals surface area (Å²) in [6.07, 6.45) is 6.47. The maximum absolute atomic E-state index is 13.8. The monoisotopic (exact) mass is 491 g/mol. The molecule has 1 atom stereocenters. The molecule has 0 bridgehead atoms. The number of nitrogens with one attached hydrogen (secondary N) is 1. The zero-order chi connectivity index (χ0) is 24.6. The molecule has 0 aliphatic heterocycles. The Kier molecular flexibility index (Phi) is 9.40. The average Bonchev–Trinajstić information content (AvgIpc) is 2.87. The first-order chi connectivity index (χ1) is 16.4. The summed E-state index contributed by atoms with van der Waals surface area (Å²) < 4.78 is 39.7. The minimum absolute atomic E-state index is 0.0572. The molecule has 0 radical (unpaired) electrons. The Morgan fingerprint density at radius 2 is 1.79 bits per heavy atom. The van der Waals surface area contributed by atoms with Gasteiger partial charge in [-0.1, -0.05) is 0 Å². The van der Waals surface area contributed by atoms with E-state index in [1.165, 1.54) is 23.5 Å². The maximum Gasteiger partial charge on any atom is 0.262 e. The van der Waals surface area contributed by atoms with Crippen LogP contribution in [-0.2, 0) is 26.0 Å². The second-order valence-electron chi connectivity index (χ2n) is 8.31. The van der Waals surface area contributed by atoms with Crippen LogP contribution in [0.1, 0.15) is 38.2 Å². The van der Waals surface area contributed by atoms with Gasteiger partial charge in [-0.3, -0.25) is 15.0 Å². The van der Waals surface area contributed by atoms with Gasteiger partial charge in [0.25, 0.3) is 5.91 Å². The number of carbonyl (C=O) groups is 1. The van der Waals surface area contributed by atoms with Gasteiger partial charge in [-0.15, -0.1) is 0 Å². The zero-order valence-corrected chi connectivity index (χ0v) is 20.4. The van der Waals surface area contributed by atoms with Crippen molar-refractivity contribution >= 4 is 15.9 Å². The number of nitrogens with zero attached hydrogens (tertiary/aromatic N) is 2. The number of sulfonamides is 1. The molecule has 1 saturated carbocycles. The molecule has 10 heteroatoms. The van der Waals surface area contributed by atoms with Gasteiger partial charge in [-0.25, -0.2) is 13.9 Å². The van der Waals surface area contributed by atoms with Crippen LogP contribution in [0.4, 0.5) is 0 Å². The summed E-state index contributed by atoms with van der Waals surface area (Å²) >= 11 is 0. The fourth-order valence-electron chi connectivity index (χ4n) is 4.53. The zero-order valence-electron chi connectivity index (χ0n) is 19.6. The number of methoxy groups -OCH3 is 1. The number of amides is 1. The van der Waals surface area contributed by atoms with Gasteiger partial charge in [-0.2, -0.15) is 4.31 Å². The molecule has 0 spiro atoms. The standard InChI is InChI=1S/C24H33N3O6S/c1-3-33-21-6-4-19(5-7-21)23(24(28)26-29)27(17-14-18-12-15-25-16-13-18)34(30,31)22-10-8-20(32-2)9-11-22/h8-13,15-16,19,21,23,29H,3-7,14,17H2,1-2H3,(H,26,28)/t19-,21-,23-/m1/s1. The first-order valence-corrected chi connectivity index (χ1v) is 12.9. The third-order valence-corrected chi connectivity index (χ3v) is 8.19. The van der Waals surface area contributed by atoms with Crippen LogP contribution in [0.25, 0.3) is 0 Å². The Balaban J connectivity index is 1.95. The van der Waals surface area contributed by atoms with Crippen molar-refractivity contribution in [3.05, 3.63) is 54.4 Å². The quantitative estimate of drug-likeness (QED) is 0.367. The van der Waals surface area contributed by atoms with Crippen LogP contribution in [0.5, 0.6) is 5.75 Å². The number of benzene rings is 1. The van der Waals surface area contributed by atoms with Crippen molar-refractivity contribution in [3.63, 3.8) is 0 Å². The molecule has 34 heavy (non-hydrogen) atoms. The number of hydroxylamine groups is 1. The topological polar surface area (TPSA) is 118 Å². The van der Waals surface area contributed by atoms with Crippen molar-refractivity contribution < 1.29 is 27.9 Å². The minimum Gasteiger partial charge on any atom is -0.497 e. The van der Waals surface area contributed by atoms with Crippen LogP contribution in [0.3, 0.4) is 0 Å². The molecular weight excluding hydrogens is 458 g/mol. The molecular formula is C24H33N3O6S. The second kappa shape index (κ2) is 12.3. The minimum atomic E-state index is -4.06. The third-order valence-electron chi connectivity index (χ3n) is 6.29. The molecule has 1 amide bonds. The number of pyridine rings is 1. The Labute approximate surface area is 201 Å². The SMILES string of the molecule is CCO[C@H]1CC[C@H]([C@H](C(=O)NO)N(CCc2ccncc2)S(=O)(=O)c2ccc(OC)cc2)CC1. The van der Waals surface area contributed by atoms with E-state index in [1.807, 2.05) is 19.1 Å². The first kappa shape index (κ1) is 26.1. The van der Waals surface area contributed by atoms with Crippen molar-refractivity contribution in [1.82, 2.24) is 14.8 Å². The highest BCUT2D eigenvalue weighted by molar-refractivity contribution is 7.89. The highest BCUT2D eigenvalue weighted by atomic mass is 32.2. The van der Waals surface area contributed by atoms with E-state index in [9.17, 15) is 18.4 Å². The highest BCUT2D eigenvalue weighted by Gasteiger charge is 2.42. The van der Waals surface area contributed by atoms with Crippen LogP contribution >= 0.6 is 0 Å². The van der Waals surface area contributed by atoms with E-state index >= 15 is 0 Å². The highest BCUT2D eigenvalue weighted by Crippen LogP contribution is 2.34. The number of carbonyl (C=O) groups excluding carboxylic acids is 1. The molecule has 186 valence electrons. The van der Waals surface area contributed by atoms with Gasteiger partial charge in [0.1, 0.15) is 11.8 Å². The molecule has 2 N–H and O–H groups in total. The van der Waals surface area contributed by atoms with Crippen molar-refractivity contribution in [2.24, 2.45) is 5.92 Å². The molecule has 1 fully saturated rings. The summed E-state index contributed by atoms with van der Waals surface area (Å²) in [4.78, 5) is 17.0. The van der Waals surface area contributed by atoms with E-state index in [4.69, 9.17) is 9.47 Å². The lowest BCUT2D eigenvalue weighted by molar-refractivity contribution is -0.136. The van der Waals surface area contributed by atoms with Gasteiger partial charge >= 0.3 is 0 Å². The molecule has 0 saturated heterocycles. The molecule has 1 aliphatic rings. The second-order valence-corrected chi connectivity index (χ2v) is 10.2. The molecule has 1 heterocycles. The number of ether oxygens (including phenoxy) is 2. The van der Waals surface area contributed by atoms with E-state index in [0.29, 0.717) is 31.6 Å². The molecule has 2 aromatic rings. The van der Waals surface area contributed by atoms with Crippen LogP contribution in [0.15, 0.2) is 53.7 Å². The Bertz CT molecular complexity index is 1010. The number of hydrogen-bond donors (Lipinski definition) is 2. The number of aromatic nitrogens is 1. The predicted octanol–water partition coefficient (Wildman–Crippen LogP) is 2.79. The van der Waals surface area contributed by atoms with E-state index in [1.54, 1.807) is 30.0 Å². The summed E-state index contributed by atoms with van der Waals surface area (Å²) in [6.45, 7) is 2.62. The smallest absolute Gasteiger partial charge is 0.262 e. The van der Waals surface area contributed by atoms with Crippen molar-refractivity contribution in [3.8, 4) is 5.75 Å². The Morgan fingerprint density at radius 3 is 2.35 bits per heavy atom. The van der Waals surface area contributed by atoms with Crippen molar-refractivity contribution in [1.29, 1.82) is 0 Å². The average molecular weight is 492 g/mol. The third kappa shape index (κ3) is 6.32. The van der Waals surface area contributed by atoms with Crippen LogP contribution in [-0.4, -0.2) is 61.2 Å². The summed E-state index contributed by atoms with van der Waals surface area (Å²) in [5, 5.41) is 9.54. The maximum atomic E-state index is 13.8. The van der Waals surface area contributed by atoms with Gasteiger partial charge in [-0.05, 0) is 86.9 Å². The van der Waals surface area contributed by atoms with Gasteiger partial charge in [0.2, 0.25) is 10.0 Å². The Morgan fingerprint density at radius 1 is 1.15 bits per heavy atom. The predicted molar refractivity (Wildman–Crippen MR) is 126 cm³/mol. The van der Waals surface area contributed by atoms with Crippen molar-refractivity contribution in [2.75, 3.05) is 20.3 Å². The largest absolute Gasteiger partial charge is 0.497 e. The van der Waals surface area contributed by atoms with E-state index in [2.05, 4.69) is 4.98 Å².